The molecule has 0 spiro atoms. The van der Waals surface area contributed by atoms with E-state index in [-0.39, 0.29) is 28.6 Å². The SMILES string of the molecule is CN1C(=O)CC[C@H]1c1ccc(=O)n(O[C@@H]2O[C@H](COC(=O)c3ccccc3)[C@@H](OC(=O)c3ccccc3)[C@H]2OC(=O)c2ccccc2)c1. The van der Waals surface area contributed by atoms with Gasteiger partial charge in [0.15, 0.2) is 6.10 Å². The second-order valence-electron chi connectivity index (χ2n) is 11.3. The van der Waals surface area contributed by atoms with Gasteiger partial charge in [0.05, 0.1) is 28.9 Å². The topological polar surface area (TPSA) is 140 Å². The summed E-state index contributed by atoms with van der Waals surface area (Å²) in [5, 5.41) is 0. The highest BCUT2D eigenvalue weighted by Crippen LogP contribution is 2.32. The van der Waals surface area contributed by atoms with E-state index in [1.54, 1.807) is 109 Å². The molecule has 0 radical (unpaired) electrons. The van der Waals surface area contributed by atoms with Crippen molar-refractivity contribution in [1.29, 1.82) is 0 Å². The van der Waals surface area contributed by atoms with Crippen LogP contribution in [0.2, 0.25) is 0 Å². The molecule has 1 aromatic heterocycles. The van der Waals surface area contributed by atoms with Crippen molar-refractivity contribution >= 4 is 23.8 Å². The fraction of sp³-hybridized carbons (Fsp3) is 0.250. The van der Waals surface area contributed by atoms with E-state index in [2.05, 4.69) is 0 Å². The molecule has 2 saturated heterocycles. The molecule has 3 heterocycles. The Hall–Kier alpha value is -5.75. The predicted octanol–water partition coefficient (Wildman–Crippen LogP) is 3.60. The van der Waals surface area contributed by atoms with Crippen LogP contribution in [0.4, 0.5) is 0 Å². The van der Waals surface area contributed by atoms with Crippen molar-refractivity contribution in [2.75, 3.05) is 13.7 Å². The zero-order chi connectivity index (χ0) is 33.6. The highest BCUT2D eigenvalue weighted by atomic mass is 16.8. The van der Waals surface area contributed by atoms with Gasteiger partial charge in [0.25, 0.3) is 11.8 Å². The number of amides is 1. The minimum absolute atomic E-state index is 0.0263. The largest absolute Gasteiger partial charge is 0.459 e. The number of carbonyl (C=O) groups excluding carboxylic acids is 4. The average molecular weight is 653 g/mol. The Balaban J connectivity index is 1.32. The quantitative estimate of drug-likeness (QED) is 0.184. The smallest absolute Gasteiger partial charge is 0.338 e. The number of benzene rings is 3. The molecule has 4 aromatic rings. The highest BCUT2D eigenvalue weighted by molar-refractivity contribution is 5.91. The molecule has 0 saturated carbocycles. The first kappa shape index (κ1) is 32.2. The number of hydrogen-bond donors (Lipinski definition) is 0. The lowest BCUT2D eigenvalue weighted by Gasteiger charge is -2.25. The maximum Gasteiger partial charge on any atom is 0.338 e. The molecule has 12 heteroatoms. The summed E-state index contributed by atoms with van der Waals surface area (Å²) in [6.45, 7) is -0.413. The summed E-state index contributed by atoms with van der Waals surface area (Å²) in [4.78, 5) is 72.3. The number of ether oxygens (including phenoxy) is 4. The Bertz CT molecular complexity index is 1830. The summed E-state index contributed by atoms with van der Waals surface area (Å²) in [6, 6.07) is 27.2. The van der Waals surface area contributed by atoms with Crippen LogP contribution in [0.25, 0.3) is 0 Å². The van der Waals surface area contributed by atoms with E-state index in [1.807, 2.05) is 0 Å². The maximum absolute atomic E-state index is 13.4. The summed E-state index contributed by atoms with van der Waals surface area (Å²) in [7, 11) is 1.68. The summed E-state index contributed by atoms with van der Waals surface area (Å²) >= 11 is 0. The lowest BCUT2D eigenvalue weighted by atomic mass is 10.1. The molecule has 12 nitrogen and oxygen atoms in total. The van der Waals surface area contributed by atoms with Gasteiger partial charge in [-0.1, -0.05) is 54.6 Å². The lowest BCUT2D eigenvalue weighted by molar-refractivity contribution is -0.174. The Kier molecular flexibility index (Phi) is 9.62. The standard InChI is InChI=1S/C36H32N2O10/c1-37-27(18-20-29(37)39)26-17-19-30(40)38(21-26)48-36-32(47-35(43)25-15-9-4-10-16-25)31(46-34(42)24-13-7-3-8-14-24)28(45-36)22-44-33(41)23-11-5-2-6-12-23/h2-17,19,21,27-28,31-32,36H,18,20,22H2,1H3/t27-,28+,31+,32+,36-/m0/s1. The lowest BCUT2D eigenvalue weighted by Crippen LogP contribution is -2.45. The van der Waals surface area contributed by atoms with Gasteiger partial charge in [-0.3, -0.25) is 9.59 Å². The van der Waals surface area contributed by atoms with Gasteiger partial charge in [-0.25, -0.2) is 14.4 Å². The fourth-order valence-electron chi connectivity index (χ4n) is 5.59. The Morgan fingerprint density at radius 2 is 1.27 bits per heavy atom. The first-order chi connectivity index (χ1) is 23.3. The third-order valence-electron chi connectivity index (χ3n) is 8.16. The zero-order valence-corrected chi connectivity index (χ0v) is 25.9. The van der Waals surface area contributed by atoms with Crippen LogP contribution in [0.5, 0.6) is 0 Å². The van der Waals surface area contributed by atoms with E-state index < -0.39 is 54.7 Å². The third-order valence-corrected chi connectivity index (χ3v) is 8.16. The van der Waals surface area contributed by atoms with Crippen molar-refractivity contribution in [3.63, 3.8) is 0 Å². The van der Waals surface area contributed by atoms with Crippen molar-refractivity contribution in [1.82, 2.24) is 9.63 Å². The summed E-state index contributed by atoms with van der Waals surface area (Å²) in [5.41, 5.74) is 0.774. The minimum Gasteiger partial charge on any atom is -0.459 e. The second-order valence-corrected chi connectivity index (χ2v) is 11.3. The van der Waals surface area contributed by atoms with Crippen molar-refractivity contribution in [3.8, 4) is 0 Å². The number of aromatic nitrogens is 1. The molecule has 0 bridgehead atoms. The Morgan fingerprint density at radius 1 is 0.729 bits per heavy atom. The van der Waals surface area contributed by atoms with Gasteiger partial charge in [-0.2, -0.15) is 0 Å². The number of esters is 3. The van der Waals surface area contributed by atoms with E-state index in [9.17, 15) is 24.0 Å². The van der Waals surface area contributed by atoms with E-state index in [0.717, 1.165) is 4.73 Å². The van der Waals surface area contributed by atoms with Crippen LogP contribution in [0.15, 0.2) is 114 Å². The molecule has 246 valence electrons. The molecule has 2 aliphatic rings. The van der Waals surface area contributed by atoms with Crippen molar-refractivity contribution < 1.29 is 43.0 Å². The summed E-state index contributed by atoms with van der Waals surface area (Å²) in [5.74, 6) is -2.21. The average Bonchev–Trinajstić information content (AvgIpc) is 3.62. The highest BCUT2D eigenvalue weighted by Gasteiger charge is 2.52. The third kappa shape index (κ3) is 7.13. The predicted molar refractivity (Wildman–Crippen MR) is 169 cm³/mol. The normalized spacial score (nSPS) is 21.8. The Morgan fingerprint density at radius 3 is 1.81 bits per heavy atom. The van der Waals surface area contributed by atoms with Crippen LogP contribution in [-0.2, 0) is 23.7 Å². The van der Waals surface area contributed by atoms with Gasteiger partial charge in [0.1, 0.15) is 12.7 Å². The molecule has 2 aliphatic heterocycles. The van der Waals surface area contributed by atoms with Crippen molar-refractivity contribution in [3.05, 3.63) is 142 Å². The van der Waals surface area contributed by atoms with Crippen LogP contribution in [0.3, 0.4) is 0 Å². The molecule has 2 fully saturated rings. The minimum atomic E-state index is -1.50. The van der Waals surface area contributed by atoms with Crippen LogP contribution < -0.4 is 10.4 Å². The molecular weight excluding hydrogens is 620 g/mol. The molecule has 48 heavy (non-hydrogen) atoms. The van der Waals surface area contributed by atoms with Gasteiger partial charge in [0.2, 0.25) is 12.0 Å². The van der Waals surface area contributed by atoms with Gasteiger partial charge < -0.3 is 28.7 Å². The Labute approximate surface area is 275 Å². The molecule has 0 N–H and O–H groups in total. The van der Waals surface area contributed by atoms with E-state index in [0.29, 0.717) is 18.4 Å². The van der Waals surface area contributed by atoms with Crippen LogP contribution >= 0.6 is 0 Å². The van der Waals surface area contributed by atoms with Crippen molar-refractivity contribution in [2.24, 2.45) is 0 Å². The fourth-order valence-corrected chi connectivity index (χ4v) is 5.59. The van der Waals surface area contributed by atoms with Gasteiger partial charge >= 0.3 is 17.9 Å². The number of hydrogen-bond acceptors (Lipinski definition) is 10. The monoisotopic (exact) mass is 652 g/mol. The van der Waals surface area contributed by atoms with E-state index in [1.165, 1.54) is 12.3 Å². The molecule has 5 atom stereocenters. The second kappa shape index (κ2) is 14.3. The van der Waals surface area contributed by atoms with Crippen LogP contribution in [-0.4, -0.2) is 71.7 Å². The number of likely N-dealkylation sites (tertiary alicyclic amines) is 1. The molecule has 6 rings (SSSR count). The first-order valence-electron chi connectivity index (χ1n) is 15.3. The van der Waals surface area contributed by atoms with Crippen LogP contribution in [0.1, 0.15) is 55.5 Å². The molecular formula is C36H32N2O10. The number of carbonyl (C=O) groups is 4. The summed E-state index contributed by atoms with van der Waals surface area (Å²) < 4.78 is 24.4. The van der Waals surface area contributed by atoms with Gasteiger partial charge in [-0.05, 0) is 54.4 Å². The molecule has 0 unspecified atom stereocenters. The number of nitrogens with zero attached hydrogens (tertiary/aromatic N) is 2. The molecule has 1 amide bonds. The van der Waals surface area contributed by atoms with Gasteiger partial charge in [0, 0.05) is 19.5 Å². The van der Waals surface area contributed by atoms with Gasteiger partial charge in [-0.15, -0.1) is 4.73 Å². The first-order valence-corrected chi connectivity index (χ1v) is 15.3. The van der Waals surface area contributed by atoms with Crippen molar-refractivity contribution in [2.45, 2.75) is 43.5 Å². The maximum atomic E-state index is 13.4. The van der Waals surface area contributed by atoms with E-state index >= 15 is 0 Å². The number of pyridine rings is 1. The van der Waals surface area contributed by atoms with E-state index in [4.69, 9.17) is 23.8 Å². The molecule has 3 aromatic carbocycles. The number of rotatable bonds is 10. The van der Waals surface area contributed by atoms with Crippen LogP contribution in [0, 0.1) is 0 Å². The molecule has 0 aliphatic carbocycles. The summed E-state index contributed by atoms with van der Waals surface area (Å²) in [6.07, 6.45) is -3.08. The zero-order valence-electron chi connectivity index (χ0n) is 25.9.